The smallest absolute Gasteiger partial charge is 0.284 e. The van der Waals surface area contributed by atoms with E-state index >= 15 is 0 Å². The number of halogens is 4. The average molecular weight is 342 g/mol. The molecule has 1 unspecified atom stereocenters. The zero-order valence-corrected chi connectivity index (χ0v) is 13.2. The van der Waals surface area contributed by atoms with Crippen LogP contribution in [0.2, 0.25) is 0 Å². The lowest BCUT2D eigenvalue weighted by molar-refractivity contribution is -0.133. The maximum atomic E-state index is 12.8. The van der Waals surface area contributed by atoms with Crippen LogP contribution in [0.5, 0.6) is 0 Å². The van der Waals surface area contributed by atoms with Crippen molar-refractivity contribution in [1.82, 2.24) is 0 Å². The Morgan fingerprint density at radius 1 is 1.09 bits per heavy atom. The van der Waals surface area contributed by atoms with Crippen molar-refractivity contribution >= 4 is 11.1 Å². The maximum absolute atomic E-state index is 12.8. The van der Waals surface area contributed by atoms with E-state index in [-0.39, 0.29) is 17.8 Å². The molecule has 0 amide bonds. The fourth-order valence-corrected chi connectivity index (χ4v) is 5.97. The summed E-state index contributed by atoms with van der Waals surface area (Å²) in [5, 5.41) is 0. The van der Waals surface area contributed by atoms with Crippen LogP contribution in [0.15, 0.2) is 0 Å². The van der Waals surface area contributed by atoms with E-state index in [2.05, 4.69) is 0 Å². The van der Waals surface area contributed by atoms with Gasteiger partial charge in [0.2, 0.25) is 0 Å². The molecule has 4 aliphatic carbocycles. The molecule has 7 heteroatoms. The number of rotatable bonds is 7. The van der Waals surface area contributed by atoms with Gasteiger partial charge in [-0.15, -0.1) is 0 Å². The molecular formula is C15H22F4O2S. The van der Waals surface area contributed by atoms with E-state index in [1.807, 2.05) is 0 Å². The van der Waals surface area contributed by atoms with Crippen molar-refractivity contribution in [3.63, 3.8) is 0 Å². The first kappa shape index (κ1) is 16.7. The van der Waals surface area contributed by atoms with Gasteiger partial charge in [0.05, 0.1) is 5.60 Å². The molecule has 0 aromatic carbocycles. The van der Waals surface area contributed by atoms with Gasteiger partial charge < -0.3 is 0 Å². The molecule has 0 aromatic heterocycles. The van der Waals surface area contributed by atoms with E-state index in [4.69, 9.17) is 4.18 Å². The highest BCUT2D eigenvalue weighted by Gasteiger charge is 2.52. The summed E-state index contributed by atoms with van der Waals surface area (Å²) < 4.78 is 67.6. The third-order valence-corrected chi connectivity index (χ3v) is 6.55. The van der Waals surface area contributed by atoms with Crippen LogP contribution in [0, 0.1) is 17.8 Å². The zero-order chi connectivity index (χ0) is 16.0. The highest BCUT2D eigenvalue weighted by Crippen LogP contribution is 2.57. The van der Waals surface area contributed by atoms with E-state index in [1.165, 1.54) is 19.3 Å². The van der Waals surface area contributed by atoms with Crippen LogP contribution in [-0.2, 0) is 15.3 Å². The first-order valence-electron chi connectivity index (χ1n) is 8.02. The summed E-state index contributed by atoms with van der Waals surface area (Å²) in [6.07, 6.45) is 1.62. The van der Waals surface area contributed by atoms with Crippen LogP contribution in [0.25, 0.3) is 0 Å². The van der Waals surface area contributed by atoms with Crippen molar-refractivity contribution < 1.29 is 26.0 Å². The van der Waals surface area contributed by atoms with Crippen molar-refractivity contribution in [3.05, 3.63) is 0 Å². The third-order valence-electron chi connectivity index (χ3n) is 5.39. The Labute approximate surface area is 130 Å². The molecule has 2 nitrogen and oxygen atoms in total. The van der Waals surface area contributed by atoms with E-state index in [1.54, 1.807) is 0 Å². The number of alkyl halides is 4. The van der Waals surface area contributed by atoms with E-state index in [0.29, 0.717) is 17.8 Å². The first-order valence-corrected chi connectivity index (χ1v) is 9.26. The van der Waals surface area contributed by atoms with Crippen molar-refractivity contribution in [2.45, 2.75) is 69.3 Å². The molecule has 128 valence electrons. The summed E-state index contributed by atoms with van der Waals surface area (Å²) in [5.41, 5.74) is -0.342. The van der Waals surface area contributed by atoms with Gasteiger partial charge in [0.1, 0.15) is 0 Å². The van der Waals surface area contributed by atoms with Crippen LogP contribution in [0.3, 0.4) is 0 Å². The molecule has 0 heterocycles. The first-order chi connectivity index (χ1) is 10.3. The summed E-state index contributed by atoms with van der Waals surface area (Å²) in [5.74, 6) is -2.15. The van der Waals surface area contributed by atoms with Gasteiger partial charge in [-0.3, -0.25) is 4.18 Å². The Balaban J connectivity index is 1.48. The Kier molecular flexibility index (Phi) is 4.58. The van der Waals surface area contributed by atoms with Crippen LogP contribution in [0.4, 0.5) is 17.6 Å². The summed E-state index contributed by atoms with van der Waals surface area (Å²) in [4.78, 5) is 0. The molecule has 4 aliphatic rings. The molecule has 1 atom stereocenters. The molecule has 4 rings (SSSR count). The highest BCUT2D eigenvalue weighted by atomic mass is 32.2. The predicted octanol–water partition coefficient (Wildman–Crippen LogP) is 4.32. The van der Waals surface area contributed by atoms with Gasteiger partial charge in [-0.25, -0.2) is 21.8 Å². The van der Waals surface area contributed by atoms with E-state index in [9.17, 15) is 21.8 Å². The molecule has 4 fully saturated rings. The van der Waals surface area contributed by atoms with Gasteiger partial charge in [-0.1, -0.05) is 0 Å². The number of hydrogen-bond acceptors (Lipinski definition) is 2. The SMILES string of the molecule is O=S(CCCC(F)(F)C(F)F)OC12CC3CC(CC(C3)C1)C2. The van der Waals surface area contributed by atoms with E-state index in [0.717, 1.165) is 19.3 Å². The predicted molar refractivity (Wildman–Crippen MR) is 75.2 cm³/mol. The van der Waals surface area contributed by atoms with Crippen LogP contribution >= 0.6 is 0 Å². The van der Waals surface area contributed by atoms with Gasteiger partial charge in [0, 0.05) is 12.2 Å². The summed E-state index contributed by atoms with van der Waals surface area (Å²) >= 11 is -1.66. The summed E-state index contributed by atoms with van der Waals surface area (Å²) in [7, 11) is 0. The topological polar surface area (TPSA) is 26.3 Å². The Bertz CT molecular complexity index is 406. The van der Waals surface area contributed by atoms with Gasteiger partial charge in [0.25, 0.3) is 0 Å². The fraction of sp³-hybridized carbons (Fsp3) is 1.00. The minimum Gasteiger partial charge on any atom is -0.284 e. The molecule has 4 saturated carbocycles. The molecule has 22 heavy (non-hydrogen) atoms. The van der Waals surface area contributed by atoms with Gasteiger partial charge in [-0.2, -0.15) is 0 Å². The molecule has 4 bridgehead atoms. The molecule has 0 saturated heterocycles. The molecule has 0 aromatic rings. The van der Waals surface area contributed by atoms with Crippen molar-refractivity contribution in [3.8, 4) is 0 Å². The van der Waals surface area contributed by atoms with Crippen LogP contribution in [0.1, 0.15) is 51.4 Å². The lowest BCUT2D eigenvalue weighted by atomic mass is 9.54. The summed E-state index contributed by atoms with van der Waals surface area (Å²) in [6.45, 7) is 0. The highest BCUT2D eigenvalue weighted by molar-refractivity contribution is 7.80. The molecular weight excluding hydrogens is 320 g/mol. The largest absolute Gasteiger partial charge is 0.307 e. The Morgan fingerprint density at radius 3 is 2.05 bits per heavy atom. The standard InChI is InChI=1S/C15H22F4O2S/c16-13(17)15(18,19)2-1-3-22(20)21-14-7-10-4-11(8-14)6-12(5-10)9-14/h10-13H,1-9H2. The third kappa shape index (κ3) is 3.50. The minimum absolute atomic E-state index is 0.0932. The second kappa shape index (κ2) is 6.04. The normalized spacial score (nSPS) is 38.7. The fourth-order valence-electron chi connectivity index (χ4n) is 4.91. The van der Waals surface area contributed by atoms with Gasteiger partial charge in [0.15, 0.2) is 11.1 Å². The molecule has 0 aliphatic heterocycles. The Morgan fingerprint density at radius 2 is 1.59 bits per heavy atom. The van der Waals surface area contributed by atoms with Crippen molar-refractivity contribution in [2.24, 2.45) is 17.8 Å². The van der Waals surface area contributed by atoms with Gasteiger partial charge in [-0.05, 0) is 62.7 Å². The monoisotopic (exact) mass is 342 g/mol. The van der Waals surface area contributed by atoms with Crippen LogP contribution in [-0.4, -0.2) is 27.9 Å². The minimum atomic E-state index is -4.00. The molecule has 0 radical (unpaired) electrons. The van der Waals surface area contributed by atoms with Crippen LogP contribution < -0.4 is 0 Å². The second-order valence-electron chi connectivity index (χ2n) is 7.36. The maximum Gasteiger partial charge on any atom is 0.307 e. The van der Waals surface area contributed by atoms with Crippen molar-refractivity contribution in [1.29, 1.82) is 0 Å². The van der Waals surface area contributed by atoms with Gasteiger partial charge >= 0.3 is 12.3 Å². The quantitative estimate of drug-likeness (QED) is 0.644. The number of hydrogen-bond donors (Lipinski definition) is 0. The molecule has 0 spiro atoms. The van der Waals surface area contributed by atoms with Crippen molar-refractivity contribution in [2.75, 3.05) is 5.75 Å². The molecule has 0 N–H and O–H groups in total. The summed E-state index contributed by atoms with van der Waals surface area (Å²) in [6, 6.07) is 0. The lowest BCUT2D eigenvalue weighted by Crippen LogP contribution is -2.52. The Hall–Kier alpha value is -0.170. The second-order valence-corrected chi connectivity index (χ2v) is 8.54. The lowest BCUT2D eigenvalue weighted by Gasteiger charge is -2.55. The average Bonchev–Trinajstić information content (AvgIpc) is 2.35. The zero-order valence-electron chi connectivity index (χ0n) is 12.4. The van der Waals surface area contributed by atoms with E-state index < -0.39 is 29.8 Å².